The van der Waals surface area contributed by atoms with Crippen LogP contribution in [0.2, 0.25) is 0 Å². The van der Waals surface area contributed by atoms with Crippen molar-refractivity contribution < 1.29 is 14.3 Å². The van der Waals surface area contributed by atoms with Gasteiger partial charge in [-0.3, -0.25) is 4.90 Å². The fourth-order valence-electron chi connectivity index (χ4n) is 2.41. The molecule has 2 heterocycles. The second-order valence-corrected chi connectivity index (χ2v) is 8.22. The molecule has 0 bridgehead atoms. The molecule has 7 heteroatoms. The van der Waals surface area contributed by atoms with Gasteiger partial charge in [-0.15, -0.1) is 11.3 Å². The number of carbonyl (C=O) groups is 1. The number of aromatic nitrogens is 2. The summed E-state index contributed by atoms with van der Waals surface area (Å²) in [7, 11) is 1.64. The van der Waals surface area contributed by atoms with E-state index in [9.17, 15) is 4.79 Å². The zero-order valence-corrected chi connectivity index (χ0v) is 17.2. The summed E-state index contributed by atoms with van der Waals surface area (Å²) in [6, 6.07) is 9.48. The summed E-state index contributed by atoms with van der Waals surface area (Å²) < 4.78 is 12.0. The van der Waals surface area contributed by atoms with Crippen LogP contribution < -0.4 is 9.64 Å². The first-order valence-electron chi connectivity index (χ1n) is 8.84. The third-order valence-corrected chi connectivity index (χ3v) is 4.80. The van der Waals surface area contributed by atoms with E-state index in [1.54, 1.807) is 36.7 Å². The van der Waals surface area contributed by atoms with Crippen LogP contribution in [-0.2, 0) is 4.74 Å². The molecule has 28 heavy (non-hydrogen) atoms. The number of fused-ring (bicyclic) bond motifs is 1. The van der Waals surface area contributed by atoms with Crippen LogP contribution in [-0.4, -0.2) is 35.3 Å². The number of rotatable bonds is 5. The first-order chi connectivity index (χ1) is 13.3. The standard InChI is InChI=1S/C21H23N3O3S/c1-6-11-26-15-8-9-16-17(12-15)28-19(23-16)14-7-10-18(22-13-14)24(5)20(25)27-21(2,3)4/h6-10,12-13H,1,11H2,2-5H3. The Kier molecular flexibility index (Phi) is 5.65. The summed E-state index contributed by atoms with van der Waals surface area (Å²) in [4.78, 5) is 22.6. The summed E-state index contributed by atoms with van der Waals surface area (Å²) in [6.07, 6.45) is 2.98. The highest BCUT2D eigenvalue weighted by molar-refractivity contribution is 7.21. The molecular formula is C21H23N3O3S. The maximum Gasteiger partial charge on any atom is 0.415 e. The van der Waals surface area contributed by atoms with E-state index >= 15 is 0 Å². The number of ether oxygens (including phenoxy) is 2. The molecule has 0 spiro atoms. The van der Waals surface area contributed by atoms with Crippen molar-refractivity contribution in [2.75, 3.05) is 18.6 Å². The van der Waals surface area contributed by atoms with Gasteiger partial charge in [0, 0.05) is 18.8 Å². The van der Waals surface area contributed by atoms with Crippen molar-refractivity contribution in [2.45, 2.75) is 26.4 Å². The van der Waals surface area contributed by atoms with Gasteiger partial charge in [0.25, 0.3) is 0 Å². The van der Waals surface area contributed by atoms with E-state index in [-0.39, 0.29) is 0 Å². The van der Waals surface area contributed by atoms with Gasteiger partial charge in [-0.25, -0.2) is 14.8 Å². The van der Waals surface area contributed by atoms with E-state index < -0.39 is 11.7 Å². The molecule has 146 valence electrons. The molecule has 0 aliphatic rings. The maximum absolute atomic E-state index is 12.2. The summed E-state index contributed by atoms with van der Waals surface area (Å²) in [5.41, 5.74) is 1.23. The molecule has 2 aromatic heterocycles. The largest absolute Gasteiger partial charge is 0.490 e. The highest BCUT2D eigenvalue weighted by Gasteiger charge is 2.21. The highest BCUT2D eigenvalue weighted by Crippen LogP contribution is 2.32. The van der Waals surface area contributed by atoms with Gasteiger partial charge in [0.05, 0.1) is 10.2 Å². The predicted molar refractivity (Wildman–Crippen MR) is 113 cm³/mol. The fraction of sp³-hybridized carbons (Fsp3) is 0.286. The molecular weight excluding hydrogens is 374 g/mol. The van der Waals surface area contributed by atoms with Crippen molar-refractivity contribution >= 4 is 33.5 Å². The zero-order chi connectivity index (χ0) is 20.3. The average Bonchev–Trinajstić information content (AvgIpc) is 3.08. The molecule has 0 aliphatic carbocycles. The molecule has 1 amide bonds. The fourth-order valence-corrected chi connectivity index (χ4v) is 3.39. The first-order valence-corrected chi connectivity index (χ1v) is 9.66. The number of hydrogen-bond donors (Lipinski definition) is 0. The number of pyridine rings is 1. The van der Waals surface area contributed by atoms with Crippen LogP contribution >= 0.6 is 11.3 Å². The van der Waals surface area contributed by atoms with Gasteiger partial charge in [0.1, 0.15) is 28.8 Å². The molecule has 0 saturated heterocycles. The maximum atomic E-state index is 12.2. The third-order valence-electron chi connectivity index (χ3n) is 3.73. The number of nitrogens with zero attached hydrogens (tertiary/aromatic N) is 3. The van der Waals surface area contributed by atoms with E-state index in [4.69, 9.17) is 9.47 Å². The monoisotopic (exact) mass is 397 g/mol. The Morgan fingerprint density at radius 1 is 1.29 bits per heavy atom. The van der Waals surface area contributed by atoms with Crippen molar-refractivity contribution in [1.29, 1.82) is 0 Å². The van der Waals surface area contributed by atoms with Crippen LogP contribution in [0.25, 0.3) is 20.8 Å². The van der Waals surface area contributed by atoms with Gasteiger partial charge in [0.15, 0.2) is 0 Å². The first kappa shape index (κ1) is 19.8. The molecule has 0 fully saturated rings. The molecule has 0 unspecified atom stereocenters. The lowest BCUT2D eigenvalue weighted by molar-refractivity contribution is 0.0588. The van der Waals surface area contributed by atoms with Gasteiger partial charge < -0.3 is 9.47 Å². The molecule has 0 saturated carbocycles. The Bertz CT molecular complexity index is 990. The highest BCUT2D eigenvalue weighted by atomic mass is 32.1. The van der Waals surface area contributed by atoms with E-state index in [0.29, 0.717) is 12.4 Å². The van der Waals surface area contributed by atoms with Crippen LogP contribution in [0.15, 0.2) is 49.2 Å². The Morgan fingerprint density at radius 3 is 2.71 bits per heavy atom. The van der Waals surface area contributed by atoms with E-state index in [1.807, 2.05) is 45.0 Å². The molecule has 1 aromatic carbocycles. The normalized spacial score (nSPS) is 11.3. The Hall–Kier alpha value is -2.93. The van der Waals surface area contributed by atoms with Gasteiger partial charge >= 0.3 is 6.09 Å². The summed E-state index contributed by atoms with van der Waals surface area (Å²) in [5, 5.41) is 0.856. The second kappa shape index (κ2) is 7.98. The average molecular weight is 398 g/mol. The Morgan fingerprint density at radius 2 is 2.07 bits per heavy atom. The van der Waals surface area contributed by atoms with E-state index in [1.165, 1.54) is 4.90 Å². The minimum atomic E-state index is -0.555. The Balaban J connectivity index is 1.79. The molecule has 3 aromatic rings. The van der Waals surface area contributed by atoms with Crippen molar-refractivity contribution in [3.05, 3.63) is 49.2 Å². The van der Waals surface area contributed by atoms with Crippen molar-refractivity contribution in [3.8, 4) is 16.3 Å². The van der Waals surface area contributed by atoms with Crippen molar-refractivity contribution in [1.82, 2.24) is 9.97 Å². The quantitative estimate of drug-likeness (QED) is 0.547. The van der Waals surface area contributed by atoms with Gasteiger partial charge in [-0.05, 0) is 51.1 Å². The van der Waals surface area contributed by atoms with Crippen LogP contribution in [0.5, 0.6) is 5.75 Å². The lowest BCUT2D eigenvalue weighted by Gasteiger charge is -2.24. The van der Waals surface area contributed by atoms with Crippen molar-refractivity contribution in [2.24, 2.45) is 0 Å². The second-order valence-electron chi connectivity index (χ2n) is 7.19. The van der Waals surface area contributed by atoms with E-state index in [2.05, 4.69) is 16.5 Å². The summed E-state index contributed by atoms with van der Waals surface area (Å²) in [6.45, 7) is 9.61. The number of amides is 1. The van der Waals surface area contributed by atoms with Crippen LogP contribution in [0, 0.1) is 0 Å². The number of carbonyl (C=O) groups excluding carboxylic acids is 1. The Labute approximate surface area is 168 Å². The minimum Gasteiger partial charge on any atom is -0.490 e. The number of anilines is 1. The smallest absolute Gasteiger partial charge is 0.415 e. The molecule has 0 radical (unpaired) electrons. The topological polar surface area (TPSA) is 64.5 Å². The van der Waals surface area contributed by atoms with Gasteiger partial charge in [0.2, 0.25) is 0 Å². The third kappa shape index (κ3) is 4.67. The minimum absolute atomic E-state index is 0.445. The number of thiazole rings is 1. The zero-order valence-electron chi connectivity index (χ0n) is 16.4. The van der Waals surface area contributed by atoms with Crippen LogP contribution in [0.1, 0.15) is 20.8 Å². The van der Waals surface area contributed by atoms with Gasteiger partial charge in [-0.2, -0.15) is 0 Å². The summed E-state index contributed by atoms with van der Waals surface area (Å²) >= 11 is 1.56. The summed E-state index contributed by atoms with van der Waals surface area (Å²) in [5.74, 6) is 1.30. The molecule has 0 atom stereocenters. The molecule has 0 N–H and O–H groups in total. The molecule has 6 nitrogen and oxygen atoms in total. The van der Waals surface area contributed by atoms with Gasteiger partial charge in [-0.1, -0.05) is 12.7 Å². The van der Waals surface area contributed by atoms with Crippen LogP contribution in [0.4, 0.5) is 10.6 Å². The van der Waals surface area contributed by atoms with Crippen LogP contribution in [0.3, 0.4) is 0 Å². The van der Waals surface area contributed by atoms with E-state index in [0.717, 1.165) is 26.5 Å². The van der Waals surface area contributed by atoms with Crippen molar-refractivity contribution in [3.63, 3.8) is 0 Å². The molecule has 3 rings (SSSR count). The molecule has 0 aliphatic heterocycles. The lowest BCUT2D eigenvalue weighted by atomic mass is 10.2. The number of benzene rings is 1. The SMILES string of the molecule is C=CCOc1ccc2nc(-c3ccc(N(C)C(=O)OC(C)(C)C)nc3)sc2c1. The lowest BCUT2D eigenvalue weighted by Crippen LogP contribution is -2.34. The number of hydrogen-bond acceptors (Lipinski definition) is 6. The predicted octanol–water partition coefficient (Wildman–Crippen LogP) is 5.29.